The van der Waals surface area contributed by atoms with Gasteiger partial charge >= 0.3 is 0 Å². The molecule has 0 saturated carbocycles. The summed E-state index contributed by atoms with van der Waals surface area (Å²) in [6.07, 6.45) is -0.0952. The van der Waals surface area contributed by atoms with Crippen molar-refractivity contribution in [1.29, 1.82) is 0 Å². The number of hydrogen-bond donors (Lipinski definition) is 1. The molecule has 4 aromatic rings. The summed E-state index contributed by atoms with van der Waals surface area (Å²) in [7, 11) is -3.95. The first-order chi connectivity index (χ1) is 15.5. The number of fused-ring (bicyclic) bond motifs is 6. The quantitative estimate of drug-likeness (QED) is 0.500. The number of carbonyl (C=O) groups is 1. The number of aryl methyl sites for hydroxylation is 1. The number of sulfonamides is 1. The van der Waals surface area contributed by atoms with Crippen molar-refractivity contribution < 1.29 is 13.2 Å². The van der Waals surface area contributed by atoms with E-state index in [4.69, 9.17) is 0 Å². The minimum Gasteiger partial charge on any atom is -0.355 e. The van der Waals surface area contributed by atoms with Crippen LogP contribution in [-0.2, 0) is 16.4 Å². The minimum absolute atomic E-state index is 0.148. The fraction of sp³-hybridized carbons (Fsp3) is 0.160. The Hall–Kier alpha value is -3.58. The van der Waals surface area contributed by atoms with Gasteiger partial charge < -0.3 is 9.88 Å². The van der Waals surface area contributed by atoms with Crippen molar-refractivity contribution in [2.24, 2.45) is 0 Å². The Balaban J connectivity index is 1.64. The van der Waals surface area contributed by atoms with E-state index in [1.807, 2.05) is 31.2 Å². The van der Waals surface area contributed by atoms with Crippen LogP contribution in [-0.4, -0.2) is 30.8 Å². The molecule has 1 amide bonds. The van der Waals surface area contributed by atoms with E-state index in [1.165, 1.54) is 4.31 Å². The van der Waals surface area contributed by atoms with E-state index in [0.717, 1.165) is 27.7 Å². The second-order valence-corrected chi connectivity index (χ2v) is 10.1. The van der Waals surface area contributed by atoms with Crippen LogP contribution in [0.5, 0.6) is 0 Å². The van der Waals surface area contributed by atoms with Crippen molar-refractivity contribution in [1.82, 2.24) is 9.88 Å². The third kappa shape index (κ3) is 2.58. The van der Waals surface area contributed by atoms with Gasteiger partial charge in [-0.1, -0.05) is 48.0 Å². The molecule has 160 valence electrons. The Morgan fingerprint density at radius 2 is 1.66 bits per heavy atom. The molecule has 1 atom stereocenters. The molecule has 0 aliphatic carbocycles. The molecule has 0 radical (unpaired) electrons. The van der Waals surface area contributed by atoms with Gasteiger partial charge in [-0.25, -0.2) is 12.7 Å². The summed E-state index contributed by atoms with van der Waals surface area (Å²) in [5, 5.41) is 1.07. The molecule has 0 spiro atoms. The van der Waals surface area contributed by atoms with Gasteiger partial charge in [0.25, 0.3) is 15.9 Å². The third-order valence-electron chi connectivity index (χ3n) is 6.44. The Morgan fingerprint density at radius 1 is 0.938 bits per heavy atom. The highest BCUT2D eigenvalue weighted by atomic mass is 32.2. The number of nitrogens with zero attached hydrogens (tertiary/aromatic N) is 2. The van der Waals surface area contributed by atoms with Crippen LogP contribution in [0, 0.1) is 6.92 Å². The van der Waals surface area contributed by atoms with Crippen LogP contribution in [0.1, 0.15) is 33.3 Å². The molecule has 0 fully saturated rings. The van der Waals surface area contributed by atoms with Crippen molar-refractivity contribution >= 4 is 32.5 Å². The van der Waals surface area contributed by atoms with Crippen LogP contribution < -0.4 is 4.31 Å². The first-order valence-corrected chi connectivity index (χ1v) is 12.0. The van der Waals surface area contributed by atoms with Gasteiger partial charge in [0.15, 0.2) is 6.17 Å². The molecular weight excluding hydrogens is 422 g/mol. The number of benzene rings is 3. The van der Waals surface area contributed by atoms with E-state index in [9.17, 15) is 13.2 Å². The summed E-state index contributed by atoms with van der Waals surface area (Å²) in [4.78, 5) is 18.7. The number of para-hydroxylation sites is 2. The topological polar surface area (TPSA) is 73.5 Å². The number of nitrogens with one attached hydrogen (secondary N) is 1. The molecule has 1 aromatic heterocycles. The van der Waals surface area contributed by atoms with E-state index in [2.05, 4.69) is 4.98 Å². The second-order valence-electron chi connectivity index (χ2n) is 8.32. The van der Waals surface area contributed by atoms with Crippen LogP contribution >= 0.6 is 0 Å². The van der Waals surface area contributed by atoms with E-state index < -0.39 is 16.2 Å². The van der Waals surface area contributed by atoms with E-state index in [0.29, 0.717) is 24.2 Å². The molecule has 0 bridgehead atoms. The smallest absolute Gasteiger partial charge is 0.266 e. The monoisotopic (exact) mass is 443 g/mol. The molecule has 1 unspecified atom stereocenters. The number of aromatic amines is 1. The summed E-state index contributed by atoms with van der Waals surface area (Å²) in [5.74, 6) is -0.148. The average molecular weight is 444 g/mol. The number of carbonyl (C=O) groups excluding carboxylic acids is 1. The fourth-order valence-electron chi connectivity index (χ4n) is 4.90. The number of rotatable bonds is 2. The average Bonchev–Trinajstić information content (AvgIpc) is 3.18. The lowest BCUT2D eigenvalue weighted by Crippen LogP contribution is -2.54. The van der Waals surface area contributed by atoms with Crippen LogP contribution in [0.15, 0.2) is 77.7 Å². The zero-order chi connectivity index (χ0) is 22.0. The summed E-state index contributed by atoms with van der Waals surface area (Å²) in [6, 6.07) is 21.7. The summed E-state index contributed by atoms with van der Waals surface area (Å²) < 4.78 is 29.5. The van der Waals surface area contributed by atoms with Gasteiger partial charge in [-0.3, -0.25) is 4.79 Å². The largest absolute Gasteiger partial charge is 0.355 e. The first kappa shape index (κ1) is 19.1. The standard InChI is InChI=1S/C25H21N3O3S/c1-16-10-12-17(13-11-16)32(30,31)28-22-9-5-3-7-20(22)25(29)27-15-14-19-18-6-2-4-8-21(18)26-23(19)24(27)28/h2-13,24,26H,14-15H2,1H3. The number of anilines is 1. The molecule has 2 aliphatic heterocycles. The summed E-state index contributed by atoms with van der Waals surface area (Å²) >= 11 is 0. The van der Waals surface area contributed by atoms with Crippen LogP contribution in [0.25, 0.3) is 10.9 Å². The Bertz CT molecular complexity index is 1490. The predicted molar refractivity (Wildman–Crippen MR) is 123 cm³/mol. The lowest BCUT2D eigenvalue weighted by Gasteiger charge is -2.46. The zero-order valence-electron chi connectivity index (χ0n) is 17.4. The SMILES string of the molecule is Cc1ccc(S(=O)(=O)N2c3ccccc3C(=O)N3CCc4c([nH]c5ccccc45)C32)cc1. The highest BCUT2D eigenvalue weighted by Gasteiger charge is 2.47. The number of hydrogen-bond acceptors (Lipinski definition) is 3. The Kier molecular flexibility index (Phi) is 4.01. The van der Waals surface area contributed by atoms with E-state index >= 15 is 0 Å². The van der Waals surface area contributed by atoms with Gasteiger partial charge in [0.2, 0.25) is 0 Å². The van der Waals surface area contributed by atoms with E-state index in [-0.39, 0.29) is 10.8 Å². The van der Waals surface area contributed by atoms with Crippen LogP contribution in [0.2, 0.25) is 0 Å². The summed E-state index contributed by atoms with van der Waals surface area (Å²) in [6.45, 7) is 2.37. The van der Waals surface area contributed by atoms with E-state index in [1.54, 1.807) is 53.4 Å². The van der Waals surface area contributed by atoms with Crippen molar-refractivity contribution in [2.45, 2.75) is 24.4 Å². The maximum absolute atomic E-state index is 14.0. The molecule has 7 heteroatoms. The zero-order valence-corrected chi connectivity index (χ0v) is 18.3. The molecule has 6 rings (SSSR count). The van der Waals surface area contributed by atoms with Crippen molar-refractivity contribution in [3.63, 3.8) is 0 Å². The van der Waals surface area contributed by atoms with Gasteiger partial charge in [0.1, 0.15) is 0 Å². The minimum atomic E-state index is -3.95. The highest BCUT2D eigenvalue weighted by molar-refractivity contribution is 7.92. The number of H-pyrrole nitrogens is 1. The molecule has 3 heterocycles. The molecule has 2 aliphatic rings. The summed E-state index contributed by atoms with van der Waals surface area (Å²) in [5.41, 5.74) is 4.56. The number of amides is 1. The van der Waals surface area contributed by atoms with Gasteiger partial charge in [-0.15, -0.1) is 0 Å². The second kappa shape index (κ2) is 6.71. The normalized spacial score (nSPS) is 17.8. The molecular formula is C25H21N3O3S. The van der Waals surface area contributed by atoms with Crippen LogP contribution in [0.3, 0.4) is 0 Å². The fourth-order valence-corrected chi connectivity index (χ4v) is 6.50. The Morgan fingerprint density at radius 3 is 2.47 bits per heavy atom. The lowest BCUT2D eigenvalue weighted by molar-refractivity contribution is 0.0649. The molecule has 1 N–H and O–H groups in total. The highest BCUT2D eigenvalue weighted by Crippen LogP contribution is 2.46. The lowest BCUT2D eigenvalue weighted by atomic mass is 9.97. The van der Waals surface area contributed by atoms with Gasteiger partial charge in [0.05, 0.1) is 21.8 Å². The maximum atomic E-state index is 14.0. The predicted octanol–water partition coefficient (Wildman–Crippen LogP) is 4.38. The first-order valence-electron chi connectivity index (χ1n) is 10.6. The molecule has 3 aromatic carbocycles. The van der Waals surface area contributed by atoms with Crippen molar-refractivity contribution in [2.75, 3.05) is 10.8 Å². The Labute approximate surface area is 186 Å². The third-order valence-corrected chi connectivity index (χ3v) is 8.22. The van der Waals surface area contributed by atoms with Gasteiger partial charge in [-0.05, 0) is 49.2 Å². The molecule has 32 heavy (non-hydrogen) atoms. The van der Waals surface area contributed by atoms with Crippen molar-refractivity contribution in [3.8, 4) is 0 Å². The molecule has 0 saturated heterocycles. The van der Waals surface area contributed by atoms with Gasteiger partial charge in [-0.2, -0.15) is 0 Å². The maximum Gasteiger partial charge on any atom is 0.266 e. The number of aromatic nitrogens is 1. The van der Waals surface area contributed by atoms with Gasteiger partial charge in [0, 0.05) is 17.4 Å². The van der Waals surface area contributed by atoms with Crippen molar-refractivity contribution in [3.05, 3.63) is 95.2 Å². The van der Waals surface area contributed by atoms with Crippen LogP contribution in [0.4, 0.5) is 5.69 Å². The molecule has 6 nitrogen and oxygen atoms in total.